The minimum absolute atomic E-state index is 0.00313. The van der Waals surface area contributed by atoms with Crippen LogP contribution in [-0.2, 0) is 11.2 Å². The topological polar surface area (TPSA) is 69.0 Å². The van der Waals surface area contributed by atoms with Gasteiger partial charge in [-0.1, -0.05) is 60.7 Å². The summed E-state index contributed by atoms with van der Waals surface area (Å²) in [5.74, 6) is 0.984. The maximum absolute atomic E-state index is 13.1. The molecule has 0 radical (unpaired) electrons. The first-order valence-corrected chi connectivity index (χ1v) is 10.7. The summed E-state index contributed by atoms with van der Waals surface area (Å²) >= 11 is 0. The molecule has 31 heavy (non-hydrogen) atoms. The number of carbonyl (C=O) groups excluding carboxylic acids is 1. The van der Waals surface area contributed by atoms with Gasteiger partial charge in [0.15, 0.2) is 0 Å². The van der Waals surface area contributed by atoms with Crippen molar-refractivity contribution in [3.63, 3.8) is 0 Å². The number of nitrogens with zero attached hydrogens (tertiary/aromatic N) is 3. The van der Waals surface area contributed by atoms with E-state index in [9.17, 15) is 4.79 Å². The Morgan fingerprint density at radius 3 is 2.32 bits per heavy atom. The molecule has 0 aliphatic carbocycles. The molecule has 5 heteroatoms. The van der Waals surface area contributed by atoms with E-state index in [4.69, 9.17) is 5.26 Å². The van der Waals surface area contributed by atoms with Gasteiger partial charge in [-0.3, -0.25) is 4.79 Å². The van der Waals surface area contributed by atoms with Crippen molar-refractivity contribution in [2.24, 2.45) is 5.92 Å². The number of rotatable bonds is 6. The molecule has 2 aromatic carbocycles. The fraction of sp³-hybridized carbons (Fsp3) is 0.269. The van der Waals surface area contributed by atoms with Gasteiger partial charge in [0.2, 0.25) is 5.91 Å². The third kappa shape index (κ3) is 5.29. The highest BCUT2D eigenvalue weighted by atomic mass is 16.1. The van der Waals surface area contributed by atoms with Crippen molar-refractivity contribution in [3.05, 3.63) is 95.7 Å². The predicted octanol–water partition coefficient (Wildman–Crippen LogP) is 4.27. The molecule has 3 aromatic rings. The number of hydrogen-bond donors (Lipinski definition) is 1. The van der Waals surface area contributed by atoms with Crippen LogP contribution in [0, 0.1) is 17.2 Å². The molecule has 5 nitrogen and oxygen atoms in total. The number of nitrogens with one attached hydrogen (secondary N) is 1. The monoisotopic (exact) mass is 410 g/mol. The molecule has 1 fully saturated rings. The van der Waals surface area contributed by atoms with Gasteiger partial charge < -0.3 is 10.2 Å². The number of piperidine rings is 1. The summed E-state index contributed by atoms with van der Waals surface area (Å²) in [5.41, 5.74) is 2.89. The average molecular weight is 411 g/mol. The second-order valence-electron chi connectivity index (χ2n) is 7.94. The lowest BCUT2D eigenvalue weighted by Gasteiger charge is -2.33. The van der Waals surface area contributed by atoms with Crippen molar-refractivity contribution < 1.29 is 4.79 Å². The van der Waals surface area contributed by atoms with E-state index in [1.807, 2.05) is 42.5 Å². The largest absolute Gasteiger partial charge is 0.357 e. The summed E-state index contributed by atoms with van der Waals surface area (Å²) in [6, 6.07) is 26.2. The Balaban J connectivity index is 1.39. The number of hydrogen-bond acceptors (Lipinski definition) is 4. The molecular weight excluding hydrogens is 384 g/mol. The number of nitriles is 1. The van der Waals surface area contributed by atoms with Gasteiger partial charge in [0, 0.05) is 25.2 Å². The van der Waals surface area contributed by atoms with Crippen LogP contribution in [0.15, 0.2) is 79.0 Å². The van der Waals surface area contributed by atoms with Crippen LogP contribution in [0.2, 0.25) is 0 Å². The SMILES string of the molecule is N#Cc1ccc(N2CCC(C(=O)NC(Cc3ccccc3)c3ccccc3)CC2)nc1. The zero-order valence-electron chi connectivity index (χ0n) is 17.4. The van der Waals surface area contributed by atoms with Crippen LogP contribution in [0.25, 0.3) is 0 Å². The van der Waals surface area contributed by atoms with E-state index in [2.05, 4.69) is 45.5 Å². The van der Waals surface area contributed by atoms with Crippen molar-refractivity contribution in [1.29, 1.82) is 5.26 Å². The molecule has 1 atom stereocenters. The molecule has 1 saturated heterocycles. The lowest BCUT2D eigenvalue weighted by molar-refractivity contribution is -0.126. The second kappa shape index (κ2) is 9.90. The van der Waals surface area contributed by atoms with Gasteiger partial charge in [-0.2, -0.15) is 5.26 Å². The van der Waals surface area contributed by atoms with Crippen molar-refractivity contribution >= 4 is 11.7 Å². The standard InChI is InChI=1S/C26H26N4O/c27-18-21-11-12-25(28-19-21)30-15-13-23(14-16-30)26(31)29-24(22-9-5-2-6-10-22)17-20-7-3-1-4-8-20/h1-12,19,23-24H,13-17H2,(H,29,31). The van der Waals surface area contributed by atoms with Crippen LogP contribution < -0.4 is 10.2 Å². The van der Waals surface area contributed by atoms with Crippen LogP contribution in [0.3, 0.4) is 0 Å². The molecule has 4 rings (SSSR count). The number of pyridine rings is 1. The summed E-state index contributed by atoms with van der Waals surface area (Å²) < 4.78 is 0. The van der Waals surface area contributed by atoms with Crippen molar-refractivity contribution in [3.8, 4) is 6.07 Å². The third-order valence-corrected chi connectivity index (χ3v) is 5.87. The number of carbonyl (C=O) groups is 1. The van der Waals surface area contributed by atoms with E-state index in [1.165, 1.54) is 5.56 Å². The lowest BCUT2D eigenvalue weighted by atomic mass is 9.93. The Morgan fingerprint density at radius 2 is 1.71 bits per heavy atom. The molecule has 0 bridgehead atoms. The van der Waals surface area contributed by atoms with E-state index in [0.717, 1.165) is 43.7 Å². The molecule has 156 valence electrons. The first-order valence-electron chi connectivity index (χ1n) is 10.7. The van der Waals surface area contributed by atoms with E-state index < -0.39 is 0 Å². The first-order chi connectivity index (χ1) is 15.2. The van der Waals surface area contributed by atoms with Crippen LogP contribution in [0.5, 0.6) is 0 Å². The van der Waals surface area contributed by atoms with Crippen molar-refractivity contribution in [2.45, 2.75) is 25.3 Å². The minimum Gasteiger partial charge on any atom is -0.357 e. The number of benzene rings is 2. The van der Waals surface area contributed by atoms with Crippen LogP contribution in [0.4, 0.5) is 5.82 Å². The fourth-order valence-corrected chi connectivity index (χ4v) is 4.09. The second-order valence-corrected chi connectivity index (χ2v) is 7.94. The summed E-state index contributed by atoms with van der Waals surface area (Å²) in [6.07, 6.45) is 3.95. The average Bonchev–Trinajstić information content (AvgIpc) is 2.85. The van der Waals surface area contributed by atoms with Crippen molar-refractivity contribution in [1.82, 2.24) is 10.3 Å². The molecule has 1 N–H and O–H groups in total. The Morgan fingerprint density at radius 1 is 1.03 bits per heavy atom. The van der Waals surface area contributed by atoms with Gasteiger partial charge in [-0.05, 0) is 42.5 Å². The highest BCUT2D eigenvalue weighted by Gasteiger charge is 2.27. The van der Waals surface area contributed by atoms with Crippen LogP contribution in [0.1, 0.15) is 35.6 Å². The lowest BCUT2D eigenvalue weighted by Crippen LogP contribution is -2.42. The molecule has 1 amide bonds. The van der Waals surface area contributed by atoms with Gasteiger partial charge in [0.1, 0.15) is 11.9 Å². The molecule has 2 heterocycles. The predicted molar refractivity (Wildman–Crippen MR) is 121 cm³/mol. The Kier molecular flexibility index (Phi) is 6.59. The fourth-order valence-electron chi connectivity index (χ4n) is 4.09. The summed E-state index contributed by atoms with van der Waals surface area (Å²) in [7, 11) is 0. The van der Waals surface area contributed by atoms with Crippen LogP contribution in [-0.4, -0.2) is 24.0 Å². The zero-order valence-corrected chi connectivity index (χ0v) is 17.4. The van der Waals surface area contributed by atoms with Crippen LogP contribution >= 0.6 is 0 Å². The highest BCUT2D eigenvalue weighted by Crippen LogP contribution is 2.24. The first kappa shape index (κ1) is 20.6. The Labute approximate surface area is 183 Å². The number of amides is 1. The summed E-state index contributed by atoms with van der Waals surface area (Å²) in [6.45, 7) is 1.57. The highest BCUT2D eigenvalue weighted by molar-refractivity contribution is 5.79. The zero-order chi connectivity index (χ0) is 21.5. The molecule has 0 saturated carbocycles. The molecule has 1 aliphatic rings. The van der Waals surface area contributed by atoms with Gasteiger partial charge in [0.25, 0.3) is 0 Å². The molecule has 1 aliphatic heterocycles. The minimum atomic E-state index is -0.0469. The molecule has 0 spiro atoms. The quantitative estimate of drug-likeness (QED) is 0.659. The van der Waals surface area contributed by atoms with E-state index in [-0.39, 0.29) is 17.9 Å². The molecule has 1 aromatic heterocycles. The van der Waals surface area contributed by atoms with Gasteiger partial charge in [-0.15, -0.1) is 0 Å². The van der Waals surface area contributed by atoms with Crippen molar-refractivity contribution in [2.75, 3.05) is 18.0 Å². The van der Waals surface area contributed by atoms with Gasteiger partial charge in [-0.25, -0.2) is 4.98 Å². The van der Waals surface area contributed by atoms with E-state index >= 15 is 0 Å². The number of aromatic nitrogens is 1. The number of anilines is 1. The third-order valence-electron chi connectivity index (χ3n) is 5.87. The van der Waals surface area contributed by atoms with Gasteiger partial charge >= 0.3 is 0 Å². The van der Waals surface area contributed by atoms with E-state index in [1.54, 1.807) is 12.3 Å². The molecular formula is C26H26N4O. The normalized spacial score (nSPS) is 15.1. The Bertz CT molecular complexity index is 1020. The smallest absolute Gasteiger partial charge is 0.223 e. The van der Waals surface area contributed by atoms with E-state index in [0.29, 0.717) is 5.56 Å². The summed E-state index contributed by atoms with van der Waals surface area (Å²) in [4.78, 5) is 19.7. The Hall–Kier alpha value is -3.65. The maximum Gasteiger partial charge on any atom is 0.223 e. The summed E-state index contributed by atoms with van der Waals surface area (Å²) in [5, 5.41) is 12.2. The van der Waals surface area contributed by atoms with Gasteiger partial charge in [0.05, 0.1) is 11.6 Å². The maximum atomic E-state index is 13.1. The molecule has 1 unspecified atom stereocenters.